The van der Waals surface area contributed by atoms with E-state index in [1.165, 1.54) is 12.1 Å². The molecule has 0 heterocycles. The topological polar surface area (TPSA) is 79.5 Å². The van der Waals surface area contributed by atoms with E-state index < -0.39 is 17.7 Å². The van der Waals surface area contributed by atoms with Crippen molar-refractivity contribution in [1.29, 1.82) is 0 Å². The maximum Gasteiger partial charge on any atom is 0.407 e. The number of nitrogens with one attached hydrogen (secondary N) is 3. The van der Waals surface area contributed by atoms with Crippen molar-refractivity contribution < 1.29 is 18.7 Å². The van der Waals surface area contributed by atoms with Crippen LogP contribution in [0.1, 0.15) is 26.3 Å². The molecule has 0 aliphatic carbocycles. The van der Waals surface area contributed by atoms with Crippen molar-refractivity contribution in [2.75, 3.05) is 13.1 Å². The molecule has 0 saturated heterocycles. The van der Waals surface area contributed by atoms with Crippen LogP contribution in [-0.2, 0) is 11.3 Å². The van der Waals surface area contributed by atoms with Crippen LogP contribution in [-0.4, -0.2) is 30.8 Å². The SMILES string of the molecule is CC(C)(C)OC(=O)NCCNC(=O)NCc1cccc(F)c1. The molecule has 1 aromatic carbocycles. The number of hydrogen-bond acceptors (Lipinski definition) is 3. The van der Waals surface area contributed by atoms with Crippen LogP contribution in [0.15, 0.2) is 24.3 Å². The van der Waals surface area contributed by atoms with Crippen molar-refractivity contribution >= 4 is 12.1 Å². The Morgan fingerprint density at radius 3 is 2.45 bits per heavy atom. The molecule has 3 amide bonds. The zero-order valence-corrected chi connectivity index (χ0v) is 13.0. The molecule has 0 atom stereocenters. The van der Waals surface area contributed by atoms with Gasteiger partial charge in [-0.2, -0.15) is 0 Å². The van der Waals surface area contributed by atoms with Gasteiger partial charge in [0, 0.05) is 19.6 Å². The van der Waals surface area contributed by atoms with Gasteiger partial charge in [0.25, 0.3) is 0 Å². The summed E-state index contributed by atoms with van der Waals surface area (Å²) in [6, 6.07) is 5.59. The summed E-state index contributed by atoms with van der Waals surface area (Å²) in [5.41, 5.74) is 0.113. The standard InChI is InChI=1S/C15H22FN3O3/c1-15(2,3)22-14(21)18-8-7-17-13(20)19-10-11-5-4-6-12(16)9-11/h4-6,9H,7-8,10H2,1-3H3,(H,18,21)(H2,17,19,20). The van der Waals surface area contributed by atoms with Gasteiger partial charge in [-0.05, 0) is 38.5 Å². The lowest BCUT2D eigenvalue weighted by atomic mass is 10.2. The largest absolute Gasteiger partial charge is 0.444 e. The van der Waals surface area contributed by atoms with Crippen LogP contribution >= 0.6 is 0 Å². The van der Waals surface area contributed by atoms with Gasteiger partial charge in [-0.15, -0.1) is 0 Å². The number of alkyl carbamates (subject to hydrolysis) is 1. The molecule has 6 nitrogen and oxygen atoms in total. The van der Waals surface area contributed by atoms with Crippen molar-refractivity contribution in [3.8, 4) is 0 Å². The number of benzene rings is 1. The summed E-state index contributed by atoms with van der Waals surface area (Å²) in [5, 5.41) is 7.69. The Morgan fingerprint density at radius 2 is 1.82 bits per heavy atom. The first-order valence-electron chi connectivity index (χ1n) is 6.99. The third kappa shape index (κ3) is 8.08. The molecule has 0 spiro atoms. The molecule has 1 rings (SSSR count). The number of carbonyl (C=O) groups is 2. The molecule has 0 radical (unpaired) electrons. The monoisotopic (exact) mass is 311 g/mol. The van der Waals surface area contributed by atoms with Crippen molar-refractivity contribution in [3.05, 3.63) is 35.6 Å². The van der Waals surface area contributed by atoms with Gasteiger partial charge >= 0.3 is 12.1 Å². The third-order valence-corrected chi connectivity index (χ3v) is 2.42. The number of hydrogen-bond donors (Lipinski definition) is 3. The van der Waals surface area contributed by atoms with Crippen LogP contribution < -0.4 is 16.0 Å². The number of ether oxygens (including phenoxy) is 1. The summed E-state index contributed by atoms with van der Waals surface area (Å²) in [7, 11) is 0. The molecule has 7 heteroatoms. The van der Waals surface area contributed by atoms with E-state index in [1.54, 1.807) is 32.9 Å². The van der Waals surface area contributed by atoms with Gasteiger partial charge in [-0.25, -0.2) is 14.0 Å². The van der Waals surface area contributed by atoms with Gasteiger partial charge < -0.3 is 20.7 Å². The van der Waals surface area contributed by atoms with Crippen molar-refractivity contribution in [3.63, 3.8) is 0 Å². The van der Waals surface area contributed by atoms with E-state index in [-0.39, 0.29) is 25.5 Å². The minimum atomic E-state index is -0.556. The normalized spacial score (nSPS) is 10.7. The lowest BCUT2D eigenvalue weighted by molar-refractivity contribution is 0.0528. The summed E-state index contributed by atoms with van der Waals surface area (Å²) in [5.74, 6) is -0.346. The van der Waals surface area contributed by atoms with Crippen LogP contribution in [0.4, 0.5) is 14.0 Å². The quantitative estimate of drug-likeness (QED) is 0.729. The van der Waals surface area contributed by atoms with Crippen LogP contribution in [0.25, 0.3) is 0 Å². The van der Waals surface area contributed by atoms with Gasteiger partial charge in [0.15, 0.2) is 0 Å². The summed E-state index contributed by atoms with van der Waals surface area (Å²) in [6.07, 6.45) is -0.533. The molecule has 0 unspecified atom stereocenters. The number of urea groups is 1. The second kappa shape index (κ2) is 8.21. The second-order valence-corrected chi connectivity index (χ2v) is 5.67. The molecule has 3 N–H and O–H groups in total. The van der Waals surface area contributed by atoms with E-state index >= 15 is 0 Å². The van der Waals surface area contributed by atoms with Crippen LogP contribution in [0.3, 0.4) is 0 Å². The van der Waals surface area contributed by atoms with Crippen LogP contribution in [0, 0.1) is 5.82 Å². The lowest BCUT2D eigenvalue weighted by Crippen LogP contribution is -2.41. The average molecular weight is 311 g/mol. The molecule has 0 bridgehead atoms. The molecule has 0 aromatic heterocycles. The Kier molecular flexibility index (Phi) is 6.62. The van der Waals surface area contributed by atoms with E-state index in [1.807, 2.05) is 0 Å². The fraction of sp³-hybridized carbons (Fsp3) is 0.467. The van der Waals surface area contributed by atoms with Gasteiger partial charge in [-0.1, -0.05) is 12.1 Å². The minimum Gasteiger partial charge on any atom is -0.444 e. The fourth-order valence-corrected chi connectivity index (χ4v) is 1.55. The molecule has 0 aliphatic heterocycles. The van der Waals surface area contributed by atoms with E-state index in [4.69, 9.17) is 4.74 Å². The Labute approximate surface area is 129 Å². The Balaban J connectivity index is 2.15. The minimum absolute atomic E-state index is 0.225. The highest BCUT2D eigenvalue weighted by Crippen LogP contribution is 2.06. The van der Waals surface area contributed by atoms with Gasteiger partial charge in [0.1, 0.15) is 11.4 Å². The van der Waals surface area contributed by atoms with E-state index in [0.29, 0.717) is 5.56 Å². The fourth-order valence-electron chi connectivity index (χ4n) is 1.55. The highest BCUT2D eigenvalue weighted by molar-refractivity contribution is 5.74. The summed E-state index contributed by atoms with van der Waals surface area (Å²) in [6.45, 7) is 6.04. The van der Waals surface area contributed by atoms with Crippen LogP contribution in [0.5, 0.6) is 0 Å². The first-order chi connectivity index (χ1) is 10.3. The molecule has 0 fully saturated rings. The van der Waals surface area contributed by atoms with E-state index in [0.717, 1.165) is 0 Å². The molecule has 0 saturated carbocycles. The molecule has 0 aliphatic rings. The summed E-state index contributed by atoms with van der Waals surface area (Å²) < 4.78 is 18.0. The highest BCUT2D eigenvalue weighted by Gasteiger charge is 2.15. The molecule has 122 valence electrons. The number of amides is 3. The zero-order valence-electron chi connectivity index (χ0n) is 13.0. The van der Waals surface area contributed by atoms with E-state index in [9.17, 15) is 14.0 Å². The smallest absolute Gasteiger partial charge is 0.407 e. The summed E-state index contributed by atoms with van der Waals surface area (Å²) in [4.78, 5) is 22.9. The first kappa shape index (κ1) is 17.7. The number of carbonyl (C=O) groups excluding carboxylic acids is 2. The number of rotatable bonds is 5. The third-order valence-electron chi connectivity index (χ3n) is 2.42. The average Bonchev–Trinajstić information content (AvgIpc) is 2.39. The van der Waals surface area contributed by atoms with Gasteiger partial charge in [-0.3, -0.25) is 0 Å². The Bertz CT molecular complexity index is 515. The second-order valence-electron chi connectivity index (χ2n) is 5.67. The van der Waals surface area contributed by atoms with Crippen molar-refractivity contribution in [2.45, 2.75) is 32.9 Å². The summed E-state index contributed by atoms with van der Waals surface area (Å²) >= 11 is 0. The zero-order chi connectivity index (χ0) is 16.6. The predicted octanol–water partition coefficient (Wildman–Crippen LogP) is 2.15. The van der Waals surface area contributed by atoms with Gasteiger partial charge in [0.2, 0.25) is 0 Å². The molecule has 1 aromatic rings. The van der Waals surface area contributed by atoms with E-state index in [2.05, 4.69) is 16.0 Å². The maximum atomic E-state index is 13.0. The number of halogens is 1. The lowest BCUT2D eigenvalue weighted by Gasteiger charge is -2.19. The Hall–Kier alpha value is -2.31. The molecular weight excluding hydrogens is 289 g/mol. The van der Waals surface area contributed by atoms with Crippen LogP contribution in [0.2, 0.25) is 0 Å². The van der Waals surface area contributed by atoms with Crippen molar-refractivity contribution in [2.24, 2.45) is 0 Å². The Morgan fingerprint density at radius 1 is 1.14 bits per heavy atom. The molecular formula is C15H22FN3O3. The predicted molar refractivity (Wildman–Crippen MR) is 80.9 cm³/mol. The highest BCUT2D eigenvalue weighted by atomic mass is 19.1. The first-order valence-corrected chi connectivity index (χ1v) is 6.99. The van der Waals surface area contributed by atoms with Gasteiger partial charge in [0.05, 0.1) is 0 Å². The molecule has 22 heavy (non-hydrogen) atoms. The maximum absolute atomic E-state index is 13.0. The van der Waals surface area contributed by atoms with Crippen molar-refractivity contribution in [1.82, 2.24) is 16.0 Å².